The second kappa shape index (κ2) is 11.1. The molecule has 0 atom stereocenters. The zero-order valence-electron chi connectivity index (χ0n) is 20.1. The highest BCUT2D eigenvalue weighted by Crippen LogP contribution is 2.48. The van der Waals surface area contributed by atoms with E-state index >= 15 is 0 Å². The van der Waals surface area contributed by atoms with Crippen molar-refractivity contribution >= 4 is 31.9 Å². The van der Waals surface area contributed by atoms with Gasteiger partial charge in [0, 0.05) is 44.0 Å². The van der Waals surface area contributed by atoms with Crippen LogP contribution in [0.1, 0.15) is 27.8 Å². The van der Waals surface area contributed by atoms with E-state index in [-0.39, 0.29) is 0 Å². The van der Waals surface area contributed by atoms with Gasteiger partial charge in [-0.1, -0.05) is 44.0 Å². The topological polar surface area (TPSA) is 36.9 Å². The Hall–Kier alpha value is -2.02. The van der Waals surface area contributed by atoms with Crippen molar-refractivity contribution in [3.8, 4) is 39.5 Å². The fourth-order valence-electron chi connectivity index (χ4n) is 4.54. The molecule has 4 rings (SSSR count). The summed E-state index contributed by atoms with van der Waals surface area (Å²) in [6.07, 6.45) is 0. The molecule has 0 aliphatic carbocycles. The summed E-state index contributed by atoms with van der Waals surface area (Å²) in [6.45, 7) is 8.23. The average Bonchev–Trinajstić information content (AvgIpc) is 2.82. The largest absolute Gasteiger partial charge is 0.495 e. The van der Waals surface area contributed by atoms with Crippen LogP contribution in [-0.2, 0) is 15.4 Å². The summed E-state index contributed by atoms with van der Waals surface area (Å²) >= 11 is 7.30. The number of methoxy groups -OCH3 is 1. The van der Waals surface area contributed by atoms with Gasteiger partial charge in [0.2, 0.25) is 0 Å². The number of hydrogen-bond acceptors (Lipinski definition) is 4. The maximum Gasteiger partial charge on any atom is 0.134 e. The van der Waals surface area contributed by atoms with Gasteiger partial charge in [0.15, 0.2) is 0 Å². The van der Waals surface area contributed by atoms with Gasteiger partial charge in [0.05, 0.1) is 20.3 Å². The van der Waals surface area contributed by atoms with Crippen LogP contribution in [-0.4, -0.2) is 33.5 Å². The normalized spacial score (nSPS) is 13.7. The van der Waals surface area contributed by atoms with Gasteiger partial charge >= 0.3 is 0 Å². The highest BCUT2D eigenvalue weighted by atomic mass is 79.9. The molecule has 34 heavy (non-hydrogen) atoms. The van der Waals surface area contributed by atoms with Crippen molar-refractivity contribution in [2.45, 2.75) is 31.4 Å². The van der Waals surface area contributed by atoms with Crippen molar-refractivity contribution in [3.63, 3.8) is 0 Å². The van der Waals surface area contributed by atoms with E-state index in [9.17, 15) is 0 Å². The molecule has 2 bridgehead atoms. The van der Waals surface area contributed by atoms with Gasteiger partial charge in [0.1, 0.15) is 30.5 Å². The first-order valence-electron chi connectivity index (χ1n) is 11.4. The third-order valence-corrected chi connectivity index (χ3v) is 7.08. The van der Waals surface area contributed by atoms with Crippen LogP contribution in [0.15, 0.2) is 36.4 Å². The molecule has 180 valence electrons. The van der Waals surface area contributed by atoms with Crippen LogP contribution >= 0.6 is 31.9 Å². The first-order valence-corrected chi connectivity index (χ1v) is 13.6. The van der Waals surface area contributed by atoms with Gasteiger partial charge in [-0.15, -0.1) is 0 Å². The third kappa shape index (κ3) is 5.14. The quantitative estimate of drug-likeness (QED) is 0.296. The maximum atomic E-state index is 6.31. The Morgan fingerprint density at radius 2 is 1.06 bits per heavy atom. The van der Waals surface area contributed by atoms with Crippen molar-refractivity contribution in [2.75, 3.05) is 33.5 Å². The molecule has 1 heterocycles. The molecule has 0 saturated heterocycles. The van der Waals surface area contributed by atoms with Gasteiger partial charge < -0.3 is 18.9 Å². The fraction of sp³-hybridized carbons (Fsp3) is 0.357. The van der Waals surface area contributed by atoms with Gasteiger partial charge in [-0.05, 0) is 61.7 Å². The molecule has 4 nitrogen and oxygen atoms in total. The number of halogens is 2. The molecule has 1 aliphatic rings. The second-order valence-corrected chi connectivity index (χ2v) is 9.69. The monoisotopic (exact) mass is 588 g/mol. The number of fused-ring (bicyclic) bond motifs is 6. The Labute approximate surface area is 218 Å². The first kappa shape index (κ1) is 25.1. The molecule has 0 saturated carbocycles. The van der Waals surface area contributed by atoms with Crippen molar-refractivity contribution in [3.05, 3.63) is 64.2 Å². The summed E-state index contributed by atoms with van der Waals surface area (Å²) in [5, 5.41) is 1.40. The predicted octanol–water partition coefficient (Wildman–Crippen LogP) is 7.53. The minimum Gasteiger partial charge on any atom is -0.495 e. The zero-order chi connectivity index (χ0) is 24.2. The summed E-state index contributed by atoms with van der Waals surface area (Å²) in [4.78, 5) is 0. The molecule has 0 N–H and O–H groups in total. The van der Waals surface area contributed by atoms with Crippen LogP contribution in [0.4, 0.5) is 0 Å². The lowest BCUT2D eigenvalue weighted by molar-refractivity contribution is 0.0763. The fourth-order valence-corrected chi connectivity index (χ4v) is 5.37. The molecule has 0 radical (unpaired) electrons. The van der Waals surface area contributed by atoms with E-state index in [4.69, 9.17) is 18.9 Å². The van der Waals surface area contributed by atoms with Gasteiger partial charge in [-0.3, -0.25) is 0 Å². The molecule has 3 aromatic rings. The van der Waals surface area contributed by atoms with Crippen LogP contribution in [0.5, 0.6) is 17.2 Å². The zero-order valence-corrected chi connectivity index (χ0v) is 23.3. The standard InChI is InChI=1S/C28H30Br2O4/c1-17-9-20(15-29)26-22(11-17)24-13-19(3)14-25(28(24)31-4)23-12-18(2)10-21(16-30)27(23)34-8-6-32-5-7-33-26/h9-14H,5-8,15-16H2,1-4H3. The number of hydrogen-bond donors (Lipinski definition) is 0. The molecule has 0 fully saturated rings. The summed E-state index contributed by atoms with van der Waals surface area (Å²) in [6, 6.07) is 13.0. The lowest BCUT2D eigenvalue weighted by Crippen LogP contribution is -2.14. The molecule has 0 amide bonds. The molecule has 0 unspecified atom stereocenters. The van der Waals surface area contributed by atoms with E-state index in [1.54, 1.807) is 7.11 Å². The summed E-state index contributed by atoms with van der Waals surface area (Å²) in [5.74, 6) is 2.53. The summed E-state index contributed by atoms with van der Waals surface area (Å²) in [7, 11) is 1.73. The van der Waals surface area contributed by atoms with E-state index in [0.717, 1.165) is 56.2 Å². The predicted molar refractivity (Wildman–Crippen MR) is 145 cm³/mol. The smallest absolute Gasteiger partial charge is 0.134 e. The van der Waals surface area contributed by atoms with Crippen molar-refractivity contribution < 1.29 is 18.9 Å². The van der Waals surface area contributed by atoms with E-state index in [1.807, 2.05) is 0 Å². The van der Waals surface area contributed by atoms with Crippen LogP contribution < -0.4 is 14.2 Å². The van der Waals surface area contributed by atoms with Crippen LogP contribution in [0.3, 0.4) is 0 Å². The minimum absolute atomic E-state index is 0.458. The van der Waals surface area contributed by atoms with E-state index < -0.39 is 0 Å². The number of ether oxygens (including phenoxy) is 4. The summed E-state index contributed by atoms with van der Waals surface area (Å²) in [5.41, 5.74) is 9.73. The minimum atomic E-state index is 0.458. The first-order chi connectivity index (χ1) is 16.5. The second-order valence-electron chi connectivity index (χ2n) is 8.57. The maximum absolute atomic E-state index is 6.31. The van der Waals surface area contributed by atoms with Gasteiger partial charge in [-0.25, -0.2) is 0 Å². The molecular weight excluding hydrogens is 560 g/mol. The molecule has 3 aromatic carbocycles. The number of aryl methyl sites for hydroxylation is 3. The lowest BCUT2D eigenvalue weighted by atomic mass is 9.91. The average molecular weight is 590 g/mol. The van der Waals surface area contributed by atoms with Gasteiger partial charge in [0.25, 0.3) is 0 Å². The Bertz CT molecular complexity index is 1100. The van der Waals surface area contributed by atoms with Crippen molar-refractivity contribution in [1.82, 2.24) is 0 Å². The highest BCUT2D eigenvalue weighted by molar-refractivity contribution is 9.08. The van der Waals surface area contributed by atoms with Crippen LogP contribution in [0, 0.1) is 20.8 Å². The Morgan fingerprint density at radius 3 is 1.47 bits per heavy atom. The Kier molecular flexibility index (Phi) is 8.22. The molecule has 1 aliphatic heterocycles. The Balaban J connectivity index is 2.08. The van der Waals surface area contributed by atoms with E-state index in [1.165, 1.54) is 11.1 Å². The van der Waals surface area contributed by atoms with Crippen molar-refractivity contribution in [2.24, 2.45) is 0 Å². The summed E-state index contributed by atoms with van der Waals surface area (Å²) < 4.78 is 24.6. The SMILES string of the molecule is COc1c2cc(C)cc1-c1cc(C)cc(CBr)c1OCCOCCOc1c(CBr)cc(C)cc1-2. The van der Waals surface area contributed by atoms with Crippen LogP contribution in [0.25, 0.3) is 22.3 Å². The van der Waals surface area contributed by atoms with Crippen LogP contribution in [0.2, 0.25) is 0 Å². The Morgan fingerprint density at radius 1 is 0.647 bits per heavy atom. The lowest BCUT2D eigenvalue weighted by Gasteiger charge is -2.23. The molecular formula is C28H30Br2O4. The number of alkyl halides is 2. The number of benzene rings is 3. The third-order valence-electron chi connectivity index (χ3n) is 5.87. The molecule has 0 aromatic heterocycles. The van der Waals surface area contributed by atoms with E-state index in [2.05, 4.69) is 89.0 Å². The highest BCUT2D eigenvalue weighted by Gasteiger charge is 2.23. The van der Waals surface area contributed by atoms with Crippen molar-refractivity contribution in [1.29, 1.82) is 0 Å². The van der Waals surface area contributed by atoms with Gasteiger partial charge in [-0.2, -0.15) is 0 Å². The molecule has 6 heteroatoms. The molecule has 0 spiro atoms. The van der Waals surface area contributed by atoms with E-state index in [0.29, 0.717) is 37.1 Å². The number of rotatable bonds is 3.